The number of carboxylic acids is 1. The molecule has 4 nitrogen and oxygen atoms in total. The lowest BCUT2D eigenvalue weighted by Crippen LogP contribution is -2.30. The van der Waals surface area contributed by atoms with Crippen molar-refractivity contribution >= 4 is 5.97 Å². The topological polar surface area (TPSA) is 49.5 Å². The highest BCUT2D eigenvalue weighted by atomic mass is 16.5. The van der Waals surface area contributed by atoms with E-state index in [4.69, 9.17) is 4.74 Å². The molecule has 1 aliphatic heterocycles. The zero-order chi connectivity index (χ0) is 20.4. The Bertz CT molecular complexity index is 821. The molecule has 0 radical (unpaired) electrons. The van der Waals surface area contributed by atoms with E-state index in [-0.39, 0.29) is 30.3 Å². The third-order valence-electron chi connectivity index (χ3n) is 6.23. The molecule has 1 aliphatic carbocycles. The van der Waals surface area contributed by atoms with Crippen LogP contribution in [0.15, 0.2) is 72.3 Å². The first-order chi connectivity index (χ1) is 14.1. The fourth-order valence-electron chi connectivity index (χ4n) is 4.68. The van der Waals surface area contributed by atoms with E-state index in [1.54, 1.807) is 0 Å². The molecule has 1 unspecified atom stereocenters. The molecular weight excluding hydrogens is 362 g/mol. The minimum atomic E-state index is -0.829. The standard InChI is InChI=1S/C25H29NO3/c1-3-20(4-2)29-22-16-19(25(27)28)15-21-24(22)26(21)23(17-11-7-5-8-12-17)18-13-9-6-10-14-18/h5-14,16,20-24H,3-4,15H2,1-2H3,(H,27,28)/t21-,22-,24-,26?/m0/s1. The molecule has 2 aromatic carbocycles. The van der Waals surface area contributed by atoms with E-state index in [0.29, 0.717) is 12.0 Å². The average molecular weight is 392 g/mol. The molecular formula is C25H29NO3. The molecule has 0 spiro atoms. The number of fused-ring (bicyclic) bond motifs is 1. The molecule has 1 heterocycles. The van der Waals surface area contributed by atoms with Gasteiger partial charge in [0.05, 0.1) is 24.3 Å². The highest BCUT2D eigenvalue weighted by Crippen LogP contribution is 2.49. The minimum Gasteiger partial charge on any atom is -0.478 e. The summed E-state index contributed by atoms with van der Waals surface area (Å²) >= 11 is 0. The zero-order valence-electron chi connectivity index (χ0n) is 17.1. The zero-order valence-corrected chi connectivity index (χ0v) is 17.1. The number of nitrogens with zero attached hydrogens (tertiary/aromatic N) is 1. The minimum absolute atomic E-state index is 0.0988. The van der Waals surface area contributed by atoms with Crippen LogP contribution in [0.2, 0.25) is 0 Å². The summed E-state index contributed by atoms with van der Waals surface area (Å²) in [7, 11) is 0. The lowest BCUT2D eigenvalue weighted by atomic mass is 9.97. The molecule has 4 rings (SSSR count). The Morgan fingerprint density at radius 1 is 1.03 bits per heavy atom. The molecule has 1 fully saturated rings. The van der Waals surface area contributed by atoms with Crippen molar-refractivity contribution in [1.82, 2.24) is 4.90 Å². The first kappa shape index (κ1) is 19.9. The van der Waals surface area contributed by atoms with Gasteiger partial charge in [-0.1, -0.05) is 74.5 Å². The molecule has 4 atom stereocenters. The molecule has 29 heavy (non-hydrogen) atoms. The van der Waals surface area contributed by atoms with Crippen LogP contribution < -0.4 is 0 Å². The van der Waals surface area contributed by atoms with Crippen molar-refractivity contribution in [3.63, 3.8) is 0 Å². The van der Waals surface area contributed by atoms with E-state index in [2.05, 4.69) is 67.3 Å². The first-order valence-corrected chi connectivity index (χ1v) is 10.6. The molecule has 0 aromatic heterocycles. The van der Waals surface area contributed by atoms with Gasteiger partial charge in [-0.3, -0.25) is 4.90 Å². The van der Waals surface area contributed by atoms with Crippen molar-refractivity contribution in [1.29, 1.82) is 0 Å². The molecule has 1 N–H and O–H groups in total. The number of hydrogen-bond acceptors (Lipinski definition) is 3. The van der Waals surface area contributed by atoms with Crippen LogP contribution in [0.3, 0.4) is 0 Å². The van der Waals surface area contributed by atoms with Crippen molar-refractivity contribution < 1.29 is 14.6 Å². The Kier molecular flexibility index (Phi) is 5.84. The molecule has 152 valence electrons. The monoisotopic (exact) mass is 391 g/mol. The van der Waals surface area contributed by atoms with Crippen LogP contribution in [0.5, 0.6) is 0 Å². The van der Waals surface area contributed by atoms with E-state index < -0.39 is 5.97 Å². The van der Waals surface area contributed by atoms with Gasteiger partial charge in [0.25, 0.3) is 0 Å². The summed E-state index contributed by atoms with van der Waals surface area (Å²) in [6.07, 6.45) is 4.26. The van der Waals surface area contributed by atoms with E-state index in [1.165, 1.54) is 11.1 Å². The van der Waals surface area contributed by atoms with Crippen LogP contribution in [0.25, 0.3) is 0 Å². The number of carboxylic acid groups (broad SMARTS) is 1. The van der Waals surface area contributed by atoms with Crippen LogP contribution >= 0.6 is 0 Å². The Hall–Kier alpha value is -2.43. The van der Waals surface area contributed by atoms with Gasteiger partial charge in [0.1, 0.15) is 0 Å². The third-order valence-corrected chi connectivity index (χ3v) is 6.23. The van der Waals surface area contributed by atoms with Crippen LogP contribution in [-0.4, -0.2) is 40.3 Å². The fraction of sp³-hybridized carbons (Fsp3) is 0.400. The van der Waals surface area contributed by atoms with Gasteiger partial charge in [-0.2, -0.15) is 0 Å². The Balaban J connectivity index is 1.68. The van der Waals surface area contributed by atoms with Gasteiger partial charge in [-0.05, 0) is 36.5 Å². The summed E-state index contributed by atoms with van der Waals surface area (Å²) in [6.45, 7) is 4.25. The molecule has 0 bridgehead atoms. The van der Waals surface area contributed by atoms with Gasteiger partial charge in [0.2, 0.25) is 0 Å². The summed E-state index contributed by atoms with van der Waals surface area (Å²) < 4.78 is 6.39. The molecule has 0 saturated carbocycles. The summed E-state index contributed by atoms with van der Waals surface area (Å²) in [6, 6.07) is 21.5. The second-order valence-electron chi connectivity index (χ2n) is 7.97. The third kappa shape index (κ3) is 4.00. The number of ether oxygens (including phenoxy) is 1. The molecule has 2 aromatic rings. The van der Waals surface area contributed by atoms with Crippen molar-refractivity contribution in [3.8, 4) is 0 Å². The van der Waals surface area contributed by atoms with E-state index in [9.17, 15) is 9.90 Å². The van der Waals surface area contributed by atoms with Crippen molar-refractivity contribution in [2.75, 3.05) is 0 Å². The van der Waals surface area contributed by atoms with E-state index in [1.807, 2.05) is 18.2 Å². The number of aliphatic carboxylic acids is 1. The summed E-state index contributed by atoms with van der Waals surface area (Å²) in [5, 5.41) is 9.66. The van der Waals surface area contributed by atoms with Crippen molar-refractivity contribution in [2.24, 2.45) is 0 Å². The van der Waals surface area contributed by atoms with Gasteiger partial charge < -0.3 is 9.84 Å². The number of carbonyl (C=O) groups is 1. The summed E-state index contributed by atoms with van der Waals surface area (Å²) in [4.78, 5) is 14.2. The van der Waals surface area contributed by atoms with Crippen molar-refractivity contribution in [2.45, 2.75) is 63.4 Å². The molecule has 4 heteroatoms. The Morgan fingerprint density at radius 2 is 1.59 bits per heavy atom. The second kappa shape index (κ2) is 8.52. The van der Waals surface area contributed by atoms with Gasteiger partial charge in [0.15, 0.2) is 0 Å². The molecule has 2 aliphatic rings. The predicted octanol–water partition coefficient (Wildman–Crippen LogP) is 4.82. The van der Waals surface area contributed by atoms with E-state index in [0.717, 1.165) is 12.8 Å². The predicted molar refractivity (Wildman–Crippen MR) is 114 cm³/mol. The smallest absolute Gasteiger partial charge is 0.331 e. The number of rotatable bonds is 8. The molecule has 0 amide bonds. The van der Waals surface area contributed by atoms with Crippen molar-refractivity contribution in [3.05, 3.63) is 83.4 Å². The van der Waals surface area contributed by atoms with Crippen LogP contribution in [-0.2, 0) is 9.53 Å². The van der Waals surface area contributed by atoms with Gasteiger partial charge in [-0.15, -0.1) is 0 Å². The van der Waals surface area contributed by atoms with Crippen LogP contribution in [0.4, 0.5) is 0 Å². The highest BCUT2D eigenvalue weighted by Gasteiger charge is 2.58. The van der Waals surface area contributed by atoms with E-state index >= 15 is 0 Å². The molecule has 1 saturated heterocycles. The van der Waals surface area contributed by atoms with Crippen LogP contribution in [0, 0.1) is 0 Å². The van der Waals surface area contributed by atoms with Gasteiger partial charge >= 0.3 is 5.97 Å². The second-order valence-corrected chi connectivity index (χ2v) is 7.97. The van der Waals surface area contributed by atoms with Gasteiger partial charge in [0, 0.05) is 11.6 Å². The normalized spacial score (nSPS) is 25.6. The van der Waals surface area contributed by atoms with Crippen LogP contribution in [0.1, 0.15) is 50.3 Å². The number of hydrogen-bond donors (Lipinski definition) is 1. The number of benzene rings is 2. The maximum Gasteiger partial charge on any atom is 0.331 e. The maximum absolute atomic E-state index is 11.8. The van der Waals surface area contributed by atoms with Gasteiger partial charge in [-0.25, -0.2) is 4.79 Å². The first-order valence-electron chi connectivity index (χ1n) is 10.6. The largest absolute Gasteiger partial charge is 0.478 e. The summed E-state index contributed by atoms with van der Waals surface area (Å²) in [5.74, 6) is -0.829. The fourth-order valence-corrected chi connectivity index (χ4v) is 4.68. The quantitative estimate of drug-likeness (QED) is 0.656. The Morgan fingerprint density at radius 3 is 2.07 bits per heavy atom. The maximum atomic E-state index is 11.8. The average Bonchev–Trinajstić information content (AvgIpc) is 3.47. The lowest BCUT2D eigenvalue weighted by Gasteiger charge is -2.25. The highest BCUT2D eigenvalue weighted by molar-refractivity contribution is 5.87. The lowest BCUT2D eigenvalue weighted by molar-refractivity contribution is -0.133. The Labute approximate surface area is 172 Å². The SMILES string of the molecule is CCC(CC)O[C@H]1C=C(C(=O)O)C[C@H]2[C@@H]1N2C(c1ccccc1)c1ccccc1. The summed E-state index contributed by atoms with van der Waals surface area (Å²) in [5.41, 5.74) is 2.93.